The van der Waals surface area contributed by atoms with Crippen molar-refractivity contribution in [1.82, 2.24) is 4.90 Å². The van der Waals surface area contributed by atoms with E-state index in [1.807, 2.05) is 0 Å². The predicted octanol–water partition coefficient (Wildman–Crippen LogP) is 1.69. The van der Waals surface area contributed by atoms with E-state index in [0.717, 1.165) is 19.0 Å². The van der Waals surface area contributed by atoms with Crippen molar-refractivity contribution in [2.24, 2.45) is 0 Å². The Morgan fingerprint density at radius 1 is 0.882 bits per heavy atom. The molecule has 0 unspecified atom stereocenters. The lowest BCUT2D eigenvalue weighted by Gasteiger charge is -2.13. The number of carbonyl (C=O) groups excluding carboxylic acids is 2. The van der Waals surface area contributed by atoms with Gasteiger partial charge in [-0.3, -0.25) is 9.59 Å². The Morgan fingerprint density at radius 2 is 1.18 bits per heavy atom. The molecule has 17 heavy (non-hydrogen) atoms. The van der Waals surface area contributed by atoms with Crippen LogP contribution in [0.3, 0.4) is 0 Å². The average Bonchev–Trinajstić information content (AvgIpc) is 2.08. The highest BCUT2D eigenvalue weighted by Gasteiger charge is 2.50. The first-order valence-electron chi connectivity index (χ1n) is 3.98. The van der Waals surface area contributed by atoms with Gasteiger partial charge in [0.25, 0.3) is 11.6 Å². The maximum absolute atomic E-state index is 12.0. The van der Waals surface area contributed by atoms with Crippen LogP contribution in [0.25, 0.3) is 0 Å². The largest absolute Gasteiger partial charge is 0.455 e. The fraction of sp³-hybridized carbons (Fsp3) is 0.500. The molecule has 0 saturated carbocycles. The highest BCUT2D eigenvalue weighted by Crippen LogP contribution is 2.27. The highest BCUT2D eigenvalue weighted by atomic mass is 19.4. The van der Waals surface area contributed by atoms with Gasteiger partial charge in [0.2, 0.25) is 0 Å². The van der Waals surface area contributed by atoms with Crippen LogP contribution in [-0.2, 0) is 9.59 Å². The van der Waals surface area contributed by atoms with Crippen molar-refractivity contribution >= 4 is 11.6 Å². The van der Waals surface area contributed by atoms with Gasteiger partial charge in [-0.1, -0.05) is 0 Å². The van der Waals surface area contributed by atoms with E-state index >= 15 is 0 Å². The van der Waals surface area contributed by atoms with Gasteiger partial charge in [0.1, 0.15) is 0 Å². The van der Waals surface area contributed by atoms with E-state index in [2.05, 4.69) is 0 Å². The number of allylic oxidation sites excluding steroid dienone is 1. The number of ketones is 2. The van der Waals surface area contributed by atoms with Crippen LogP contribution in [0.5, 0.6) is 0 Å². The summed E-state index contributed by atoms with van der Waals surface area (Å²) in [6.45, 7) is 0. The van der Waals surface area contributed by atoms with Gasteiger partial charge in [0.05, 0.1) is 5.57 Å². The number of alkyl halides is 6. The number of rotatable bonds is 3. The lowest BCUT2D eigenvalue weighted by atomic mass is 10.1. The first-order chi connectivity index (χ1) is 7.37. The molecule has 0 aromatic carbocycles. The van der Waals surface area contributed by atoms with Crippen molar-refractivity contribution in [3.8, 4) is 0 Å². The van der Waals surface area contributed by atoms with Gasteiger partial charge in [0, 0.05) is 20.3 Å². The lowest BCUT2D eigenvalue weighted by Crippen LogP contribution is -2.35. The minimum atomic E-state index is -5.54. The Bertz CT molecular complexity index is 324. The molecule has 0 aliphatic carbocycles. The molecule has 0 aliphatic rings. The second kappa shape index (κ2) is 4.76. The van der Waals surface area contributed by atoms with Crippen molar-refractivity contribution in [2.75, 3.05) is 14.1 Å². The second-order valence-corrected chi connectivity index (χ2v) is 3.16. The Kier molecular flexibility index (Phi) is 4.33. The third kappa shape index (κ3) is 4.45. The molecular formula is C8H7F6NO2. The van der Waals surface area contributed by atoms with E-state index < -0.39 is 29.5 Å². The molecule has 0 heterocycles. The van der Waals surface area contributed by atoms with Gasteiger partial charge >= 0.3 is 12.4 Å². The monoisotopic (exact) mass is 263 g/mol. The van der Waals surface area contributed by atoms with Crippen molar-refractivity contribution in [2.45, 2.75) is 12.4 Å². The summed E-state index contributed by atoms with van der Waals surface area (Å²) in [6, 6.07) is 0. The van der Waals surface area contributed by atoms with E-state index in [1.54, 1.807) is 0 Å². The Morgan fingerprint density at radius 3 is 1.35 bits per heavy atom. The maximum atomic E-state index is 12.0. The number of halogens is 6. The molecule has 0 saturated heterocycles. The Labute approximate surface area is 91.7 Å². The quantitative estimate of drug-likeness (QED) is 0.336. The first kappa shape index (κ1) is 15.5. The van der Waals surface area contributed by atoms with Gasteiger partial charge in [-0.2, -0.15) is 26.3 Å². The summed E-state index contributed by atoms with van der Waals surface area (Å²) >= 11 is 0. The van der Waals surface area contributed by atoms with E-state index in [1.165, 1.54) is 0 Å². The van der Waals surface area contributed by atoms with Gasteiger partial charge < -0.3 is 4.90 Å². The van der Waals surface area contributed by atoms with Crippen molar-refractivity contribution in [1.29, 1.82) is 0 Å². The zero-order valence-corrected chi connectivity index (χ0v) is 8.61. The molecule has 0 aromatic heterocycles. The third-order valence-electron chi connectivity index (χ3n) is 1.39. The number of hydrogen-bond acceptors (Lipinski definition) is 3. The fourth-order valence-electron chi connectivity index (χ4n) is 0.784. The zero-order valence-electron chi connectivity index (χ0n) is 8.61. The number of carbonyl (C=O) groups is 2. The first-order valence-corrected chi connectivity index (χ1v) is 3.98. The fourth-order valence-corrected chi connectivity index (χ4v) is 0.784. The molecule has 0 bridgehead atoms. The molecule has 0 radical (unpaired) electrons. The average molecular weight is 263 g/mol. The van der Waals surface area contributed by atoms with E-state index in [0.29, 0.717) is 0 Å². The van der Waals surface area contributed by atoms with Crippen LogP contribution in [0.2, 0.25) is 0 Å². The van der Waals surface area contributed by atoms with Crippen LogP contribution in [0.15, 0.2) is 11.8 Å². The summed E-state index contributed by atoms with van der Waals surface area (Å²) in [5.74, 6) is -5.65. The molecule has 0 rings (SSSR count). The molecular weight excluding hydrogens is 256 g/mol. The van der Waals surface area contributed by atoms with Crippen LogP contribution in [0.4, 0.5) is 26.3 Å². The van der Waals surface area contributed by atoms with E-state index in [4.69, 9.17) is 0 Å². The molecule has 0 aromatic rings. The molecule has 0 aliphatic heterocycles. The summed E-state index contributed by atoms with van der Waals surface area (Å²) in [5, 5.41) is 0. The summed E-state index contributed by atoms with van der Waals surface area (Å²) in [6.07, 6.45) is -10.9. The maximum Gasteiger partial charge on any atom is 0.455 e. The van der Waals surface area contributed by atoms with Crippen LogP contribution in [0, 0.1) is 0 Å². The lowest BCUT2D eigenvalue weighted by molar-refractivity contribution is -0.175. The third-order valence-corrected chi connectivity index (χ3v) is 1.39. The molecule has 9 heteroatoms. The van der Waals surface area contributed by atoms with E-state index in [9.17, 15) is 35.9 Å². The molecule has 0 atom stereocenters. The summed E-state index contributed by atoms with van der Waals surface area (Å²) in [4.78, 5) is 22.0. The van der Waals surface area contributed by atoms with Crippen LogP contribution in [-0.4, -0.2) is 42.9 Å². The minimum absolute atomic E-state index is 0.186. The molecule has 98 valence electrons. The topological polar surface area (TPSA) is 37.4 Å². The van der Waals surface area contributed by atoms with Crippen LogP contribution >= 0.6 is 0 Å². The van der Waals surface area contributed by atoms with Gasteiger partial charge in [0.15, 0.2) is 0 Å². The normalized spacial score (nSPS) is 12.0. The Balaban J connectivity index is 5.49. The summed E-state index contributed by atoms with van der Waals surface area (Å²) < 4.78 is 71.8. The van der Waals surface area contributed by atoms with Crippen molar-refractivity contribution in [3.05, 3.63) is 11.8 Å². The highest BCUT2D eigenvalue weighted by molar-refractivity contribution is 6.23. The molecule has 0 spiro atoms. The molecule has 0 fully saturated rings. The SMILES string of the molecule is CN(C)C=C(C(=O)C(F)(F)F)C(=O)C(F)(F)F. The van der Waals surface area contributed by atoms with Gasteiger partial charge in [-0.15, -0.1) is 0 Å². The predicted molar refractivity (Wildman–Crippen MR) is 43.9 cm³/mol. The van der Waals surface area contributed by atoms with Crippen molar-refractivity contribution < 1.29 is 35.9 Å². The van der Waals surface area contributed by atoms with Crippen molar-refractivity contribution in [3.63, 3.8) is 0 Å². The molecule has 0 amide bonds. The molecule has 3 nitrogen and oxygen atoms in total. The van der Waals surface area contributed by atoms with E-state index in [-0.39, 0.29) is 6.20 Å². The summed E-state index contributed by atoms with van der Waals surface area (Å²) in [5.41, 5.74) is -1.96. The standard InChI is InChI=1S/C8H7F6NO2/c1-15(2)3-4(5(16)7(9,10)11)6(17)8(12,13)14/h3H,1-2H3. The zero-order chi connectivity index (χ0) is 14.0. The number of hydrogen-bond donors (Lipinski definition) is 0. The Hall–Kier alpha value is -1.54. The molecule has 0 N–H and O–H groups in total. The number of Topliss-reactive ketones (excluding diaryl/α,β-unsaturated/α-hetero) is 2. The second-order valence-electron chi connectivity index (χ2n) is 3.16. The summed E-state index contributed by atoms with van der Waals surface area (Å²) in [7, 11) is 2.15. The smallest absolute Gasteiger partial charge is 0.383 e. The van der Waals surface area contributed by atoms with Crippen LogP contribution < -0.4 is 0 Å². The number of nitrogens with zero attached hydrogens (tertiary/aromatic N) is 1. The minimum Gasteiger partial charge on any atom is -0.383 e. The van der Waals surface area contributed by atoms with Gasteiger partial charge in [-0.25, -0.2) is 0 Å². The van der Waals surface area contributed by atoms with Crippen LogP contribution in [0.1, 0.15) is 0 Å². The van der Waals surface area contributed by atoms with Gasteiger partial charge in [-0.05, 0) is 0 Å².